The number of nitrogens with two attached hydrogens (primary N) is 1. The summed E-state index contributed by atoms with van der Waals surface area (Å²) < 4.78 is 0. The number of hydrogen-bond acceptors (Lipinski definition) is 12. The Morgan fingerprint density at radius 3 is 1.36 bits per heavy atom. The molecule has 23 nitrogen and oxygen atoms in total. The fourth-order valence-corrected chi connectivity index (χ4v) is 10.4. The molecule has 0 aromatic rings. The predicted octanol–water partition coefficient (Wildman–Crippen LogP) is 3.89. The summed E-state index contributed by atoms with van der Waals surface area (Å²) >= 11 is 0. The molecule has 0 aromatic carbocycles. The second-order valence-corrected chi connectivity index (χ2v) is 26.9. The van der Waals surface area contributed by atoms with Gasteiger partial charge in [-0.1, -0.05) is 123 Å². The Hall–Kier alpha value is -6.13. The molecule has 0 spiro atoms. The molecule has 1 unspecified atom stereocenters. The molecule has 0 aliphatic carbocycles. The lowest BCUT2D eigenvalue weighted by molar-refractivity contribution is -0.157. The van der Waals surface area contributed by atoms with Crippen molar-refractivity contribution in [2.24, 2.45) is 52.6 Å². The van der Waals surface area contributed by atoms with Crippen LogP contribution in [0.2, 0.25) is 0 Å². The van der Waals surface area contributed by atoms with E-state index in [0.29, 0.717) is 6.42 Å². The summed E-state index contributed by atoms with van der Waals surface area (Å²) in [5.41, 5.74) is 5.22. The topological polar surface area (TPSA) is 293 Å². The van der Waals surface area contributed by atoms with Crippen molar-refractivity contribution in [3.63, 3.8) is 0 Å². The average Bonchev–Trinajstić information content (AvgIpc) is 1.55. The van der Waals surface area contributed by atoms with Crippen LogP contribution in [0.4, 0.5) is 0 Å². The van der Waals surface area contributed by atoms with Gasteiger partial charge >= 0.3 is 0 Å². The first-order valence-electron chi connectivity index (χ1n) is 30.7. The summed E-state index contributed by atoms with van der Waals surface area (Å²) in [4.78, 5) is 163. The summed E-state index contributed by atoms with van der Waals surface area (Å²) in [5, 5.41) is 20.3. The Labute approximate surface area is 516 Å². The summed E-state index contributed by atoms with van der Waals surface area (Å²) in [6, 6.07) is -10.5. The molecule has 0 radical (unpaired) electrons. The number of carbonyl (C=O) groups is 11. The van der Waals surface area contributed by atoms with Crippen LogP contribution in [0.15, 0.2) is 12.2 Å². The van der Waals surface area contributed by atoms with Gasteiger partial charge in [-0.25, -0.2) is 0 Å². The number of hydrogen-bond donors (Lipinski definition) is 5. The maximum Gasteiger partial charge on any atom is 0.246 e. The van der Waals surface area contributed by atoms with Crippen molar-refractivity contribution in [1.82, 2.24) is 50.2 Å². The van der Waals surface area contributed by atoms with Crippen LogP contribution in [0.5, 0.6) is 0 Å². The van der Waals surface area contributed by atoms with Crippen molar-refractivity contribution in [2.45, 2.75) is 224 Å². The third-order valence-electron chi connectivity index (χ3n) is 16.5. The number of likely N-dealkylation sites (N-methyl/N-ethyl adjacent to an activating group) is 7. The molecule has 0 heterocycles. The molecule has 0 saturated heterocycles. The predicted molar refractivity (Wildman–Crippen MR) is 335 cm³/mol. The lowest BCUT2D eigenvalue weighted by Gasteiger charge is -2.41. The van der Waals surface area contributed by atoms with Crippen LogP contribution in [0.25, 0.3) is 0 Å². The van der Waals surface area contributed by atoms with E-state index in [1.54, 1.807) is 81.5 Å². The molecule has 0 rings (SSSR count). The molecular weight excluding hydrogens is 1100 g/mol. The summed E-state index contributed by atoms with van der Waals surface area (Å²) in [6.45, 7) is 33.5. The van der Waals surface area contributed by atoms with Crippen LogP contribution in [0.1, 0.15) is 164 Å². The minimum atomic E-state index is -1.60. The van der Waals surface area contributed by atoms with E-state index in [9.17, 15) is 43.5 Å². The molecule has 0 aliphatic heterocycles. The zero-order valence-corrected chi connectivity index (χ0v) is 57.4. The normalized spacial score (nSPS) is 16.1. The zero-order chi connectivity index (χ0) is 67.5. The average molecular weight is 1220 g/mol. The van der Waals surface area contributed by atoms with Gasteiger partial charge in [0, 0.05) is 55.3 Å². The highest BCUT2D eigenvalue weighted by molar-refractivity contribution is 5.99. The van der Waals surface area contributed by atoms with Crippen LogP contribution in [-0.2, 0) is 52.7 Å². The molecule has 0 aliphatic rings. The summed E-state index contributed by atoms with van der Waals surface area (Å²) in [6.07, 6.45) is 2.98. The van der Waals surface area contributed by atoms with Gasteiger partial charge in [-0.15, -0.1) is 0 Å². The lowest BCUT2D eigenvalue weighted by Crippen LogP contribution is -2.63. The second kappa shape index (κ2) is 35.6. The van der Waals surface area contributed by atoms with Crippen LogP contribution in [-0.4, -0.2) is 221 Å². The standard InChI is InChI=1S/C63H115N11O12/c1-27-29-30-40(13)52(76)51(56(80)66-44(28-2)59(83)68(20)34-48(75)72(24)49(38(9)10)53(64)77)74(26)62(86)50(39(11)12)73(25)61(85)47(33-37(7)8)71(23)60(84)46(32-36(5)6)70(22)58(82)42(15)65-55(79)45(31-35(3)4)67-54(78)43(16)69(21)57(81)41(14)63(17,18)19/h27,29,35-47,49-52,76H,28,30-34H2,1-26H3,(H2,64,77)(H,65,79)(H,66,80)(H,67,78)/b29-27+/t40-,41-,42+,43+,44-,45-,46-,47-,49-,50-,51?,52+/m1/s1. The number of primary amides is 1. The molecule has 494 valence electrons. The molecule has 0 bridgehead atoms. The van der Waals surface area contributed by atoms with Gasteiger partial charge in [0.05, 0.1) is 12.6 Å². The molecule has 0 saturated carbocycles. The number of nitrogens with zero attached hydrogens (tertiary/aromatic N) is 7. The fourth-order valence-electron chi connectivity index (χ4n) is 10.4. The molecule has 23 heteroatoms. The Morgan fingerprint density at radius 2 is 0.942 bits per heavy atom. The van der Waals surface area contributed by atoms with Gasteiger partial charge < -0.3 is 61.1 Å². The maximum absolute atomic E-state index is 15.1. The van der Waals surface area contributed by atoms with Crippen molar-refractivity contribution in [2.75, 3.05) is 55.9 Å². The minimum Gasteiger partial charge on any atom is -0.390 e. The van der Waals surface area contributed by atoms with E-state index in [1.165, 1.54) is 73.7 Å². The highest BCUT2D eigenvalue weighted by Crippen LogP contribution is 2.28. The third-order valence-corrected chi connectivity index (χ3v) is 16.5. The van der Waals surface area contributed by atoms with E-state index in [0.717, 1.165) is 9.80 Å². The third kappa shape index (κ3) is 22.9. The van der Waals surface area contributed by atoms with Gasteiger partial charge in [0.1, 0.15) is 54.4 Å². The SMILES string of the molecule is C/C=C/C[C@@H](C)[C@H](O)C(C(=O)N[C@H](CC)C(=O)N(C)CC(=O)N(C)[C@@H](C(N)=O)C(C)C)N(C)C(=O)[C@@H](C(C)C)N(C)C(=O)[C@@H](CC(C)C)N(C)C(=O)[C@@H](CC(C)C)N(C)C(=O)[C@H](C)NC(=O)[C@@H](CC(C)C)NC(=O)[C@H](C)N(C)C(=O)[C@@H](C)C(C)(C)C. The smallest absolute Gasteiger partial charge is 0.246 e. The lowest BCUT2D eigenvalue weighted by atomic mass is 9.81. The Morgan fingerprint density at radius 1 is 0.500 bits per heavy atom. The van der Waals surface area contributed by atoms with Gasteiger partial charge in [0.2, 0.25) is 65.0 Å². The molecule has 11 amide bonds. The van der Waals surface area contributed by atoms with Gasteiger partial charge in [0.15, 0.2) is 0 Å². The first-order chi connectivity index (χ1) is 39.4. The van der Waals surface area contributed by atoms with E-state index in [4.69, 9.17) is 5.73 Å². The van der Waals surface area contributed by atoms with Gasteiger partial charge in [-0.05, 0) is 93.8 Å². The molecule has 0 fully saturated rings. The first-order valence-corrected chi connectivity index (χ1v) is 30.7. The first kappa shape index (κ1) is 79.9. The van der Waals surface area contributed by atoms with Gasteiger partial charge in [-0.3, -0.25) is 52.7 Å². The molecule has 6 N–H and O–H groups in total. The van der Waals surface area contributed by atoms with Gasteiger partial charge in [0.25, 0.3) is 0 Å². The van der Waals surface area contributed by atoms with Gasteiger partial charge in [-0.2, -0.15) is 0 Å². The number of allylic oxidation sites excluding steroid dienone is 2. The van der Waals surface area contributed by atoms with Crippen LogP contribution >= 0.6 is 0 Å². The monoisotopic (exact) mass is 1220 g/mol. The van der Waals surface area contributed by atoms with Crippen LogP contribution in [0, 0.1) is 46.8 Å². The quantitative estimate of drug-likeness (QED) is 0.0574. The van der Waals surface area contributed by atoms with Crippen molar-refractivity contribution >= 4 is 65.0 Å². The molecule has 12 atom stereocenters. The molecule has 86 heavy (non-hydrogen) atoms. The molecule has 0 aromatic heterocycles. The Bertz CT molecular complexity index is 2340. The van der Waals surface area contributed by atoms with E-state index in [1.807, 2.05) is 62.3 Å². The van der Waals surface area contributed by atoms with E-state index >= 15 is 14.4 Å². The Balaban J connectivity index is 7.14. The highest BCUT2D eigenvalue weighted by atomic mass is 16.3. The van der Waals surface area contributed by atoms with Crippen molar-refractivity contribution in [1.29, 1.82) is 0 Å². The number of aliphatic hydroxyl groups is 1. The second-order valence-electron chi connectivity index (χ2n) is 26.9. The molecular formula is C63H115N11O12. The van der Waals surface area contributed by atoms with E-state index in [-0.39, 0.29) is 60.7 Å². The zero-order valence-electron chi connectivity index (χ0n) is 57.4. The number of rotatable bonds is 34. The number of carbonyl (C=O) groups excluding carboxylic acids is 11. The largest absolute Gasteiger partial charge is 0.390 e. The van der Waals surface area contributed by atoms with E-state index in [2.05, 4.69) is 16.0 Å². The van der Waals surface area contributed by atoms with E-state index < -0.39 is 144 Å². The number of amides is 11. The number of nitrogens with one attached hydrogen (secondary N) is 3. The van der Waals surface area contributed by atoms with Crippen molar-refractivity contribution in [3.8, 4) is 0 Å². The number of aliphatic hydroxyl groups excluding tert-OH is 1. The minimum absolute atomic E-state index is 0.0529. The van der Waals surface area contributed by atoms with Crippen LogP contribution in [0.3, 0.4) is 0 Å². The van der Waals surface area contributed by atoms with Crippen LogP contribution < -0.4 is 21.7 Å². The van der Waals surface area contributed by atoms with Crippen molar-refractivity contribution in [3.05, 3.63) is 12.2 Å². The fraction of sp³-hybridized carbons (Fsp3) is 0.794. The highest BCUT2D eigenvalue weighted by Gasteiger charge is 2.45. The summed E-state index contributed by atoms with van der Waals surface area (Å²) in [7, 11) is 10.0. The maximum atomic E-state index is 15.1. The summed E-state index contributed by atoms with van der Waals surface area (Å²) in [5.74, 6) is -9.01. The Kier molecular flexibility index (Phi) is 33.1. The van der Waals surface area contributed by atoms with Crippen molar-refractivity contribution < 1.29 is 57.8 Å².